The second-order valence-electron chi connectivity index (χ2n) is 4.24. The van der Waals surface area contributed by atoms with E-state index < -0.39 is 18.3 Å². The summed E-state index contributed by atoms with van der Waals surface area (Å²) in [6.45, 7) is 3.42. The van der Waals surface area contributed by atoms with Crippen LogP contribution in [0.3, 0.4) is 0 Å². The predicted molar refractivity (Wildman–Crippen MR) is 59.9 cm³/mol. The highest BCUT2D eigenvalue weighted by Gasteiger charge is 2.39. The fourth-order valence-corrected chi connectivity index (χ4v) is 1.71. The van der Waals surface area contributed by atoms with Gasteiger partial charge < -0.3 is 25.1 Å². The maximum Gasteiger partial charge on any atom is 0.149 e. The molecule has 0 aromatic heterocycles. The van der Waals surface area contributed by atoms with Crippen LogP contribution < -0.4 is 5.32 Å². The lowest BCUT2D eigenvalue weighted by Gasteiger charge is -2.39. The van der Waals surface area contributed by atoms with E-state index in [9.17, 15) is 9.90 Å². The zero-order chi connectivity index (χ0) is 12.7. The fourth-order valence-electron chi connectivity index (χ4n) is 1.71. The number of hydrogen-bond donors (Lipinski definition) is 3. The van der Waals surface area contributed by atoms with Gasteiger partial charge in [0.2, 0.25) is 0 Å². The van der Waals surface area contributed by atoms with Crippen molar-refractivity contribution in [1.82, 2.24) is 0 Å². The van der Waals surface area contributed by atoms with E-state index in [0.717, 1.165) is 0 Å². The highest BCUT2D eigenvalue weighted by molar-refractivity contribution is 5.57. The average Bonchev–Trinajstić information content (AvgIpc) is 2.28. The van der Waals surface area contributed by atoms with Crippen molar-refractivity contribution in [3.63, 3.8) is 0 Å². The van der Waals surface area contributed by atoms with E-state index in [1.165, 1.54) is 0 Å². The van der Waals surface area contributed by atoms with Crippen LogP contribution in [-0.4, -0.2) is 55.5 Å². The van der Waals surface area contributed by atoms with Gasteiger partial charge in [0.25, 0.3) is 0 Å². The van der Waals surface area contributed by atoms with Gasteiger partial charge >= 0.3 is 0 Å². The Labute approximate surface area is 96.8 Å². The Kier molecular flexibility index (Phi) is 7.49. The molecular weight excluding hydrogens is 210 g/mol. The van der Waals surface area contributed by atoms with Gasteiger partial charge in [0.15, 0.2) is 0 Å². The Morgan fingerprint density at radius 2 is 1.81 bits per heavy atom. The van der Waals surface area contributed by atoms with Crippen LogP contribution in [0.5, 0.6) is 0 Å². The molecule has 1 heterocycles. The molecule has 0 bridgehead atoms. The Morgan fingerprint density at radius 1 is 1.31 bits per heavy atom. The molecule has 0 spiro atoms. The summed E-state index contributed by atoms with van der Waals surface area (Å²) in [7, 11) is 4.00. The van der Waals surface area contributed by atoms with Crippen molar-refractivity contribution in [2.24, 2.45) is 11.8 Å². The molecule has 0 amide bonds. The van der Waals surface area contributed by atoms with Gasteiger partial charge in [-0.1, -0.05) is 13.8 Å². The summed E-state index contributed by atoms with van der Waals surface area (Å²) in [4.78, 5) is 10.6. The molecular formula is C11H24NO4+. The number of carbonyl (C=O) groups is 1. The van der Waals surface area contributed by atoms with Gasteiger partial charge in [0, 0.05) is 11.8 Å². The van der Waals surface area contributed by atoms with Crippen LogP contribution in [0.15, 0.2) is 0 Å². The number of rotatable bonds is 2. The number of hydrogen-bond acceptors (Lipinski definition) is 4. The normalized spacial score (nSPS) is 38.5. The number of aliphatic hydroxyl groups is 2. The molecule has 16 heavy (non-hydrogen) atoms. The third kappa shape index (κ3) is 3.83. The summed E-state index contributed by atoms with van der Waals surface area (Å²) in [6.07, 6.45) is -0.923. The first-order valence-corrected chi connectivity index (χ1v) is 5.67. The smallest absolute Gasteiger partial charge is 0.149 e. The monoisotopic (exact) mass is 234 g/mol. The number of carbonyl (C=O) groups excluding carboxylic acids is 1. The molecule has 0 saturated carbocycles. The SMILES string of the molecule is CC1C(O)[C@H](C)C(CO)O[C@H]1C=O.C[NH2+]C. The molecule has 0 aromatic rings. The molecule has 0 aliphatic carbocycles. The first-order chi connectivity index (χ1) is 7.53. The van der Waals surface area contributed by atoms with Gasteiger partial charge in [0.05, 0.1) is 32.9 Å². The van der Waals surface area contributed by atoms with Gasteiger partial charge in [-0.3, -0.25) is 0 Å². The van der Waals surface area contributed by atoms with Crippen molar-refractivity contribution in [3.8, 4) is 0 Å². The van der Waals surface area contributed by atoms with E-state index in [2.05, 4.69) is 0 Å². The molecule has 1 fully saturated rings. The second kappa shape index (κ2) is 7.73. The number of quaternary nitrogens is 1. The Balaban J connectivity index is 0.000000673. The molecule has 96 valence electrons. The van der Waals surface area contributed by atoms with Crippen molar-refractivity contribution < 1.29 is 25.1 Å². The molecule has 0 aromatic carbocycles. The van der Waals surface area contributed by atoms with E-state index in [1.54, 1.807) is 6.92 Å². The van der Waals surface area contributed by atoms with Gasteiger partial charge in [-0.2, -0.15) is 0 Å². The molecule has 1 aliphatic heterocycles. The van der Waals surface area contributed by atoms with E-state index in [-0.39, 0.29) is 18.4 Å². The van der Waals surface area contributed by atoms with Crippen LogP contribution in [0.1, 0.15) is 13.8 Å². The molecule has 5 heteroatoms. The summed E-state index contributed by atoms with van der Waals surface area (Å²) >= 11 is 0. The Morgan fingerprint density at radius 3 is 2.19 bits per heavy atom. The Hall–Kier alpha value is -0.490. The van der Waals surface area contributed by atoms with E-state index >= 15 is 0 Å². The minimum Gasteiger partial charge on any atom is -0.394 e. The topological polar surface area (TPSA) is 83.4 Å². The molecule has 5 atom stereocenters. The van der Waals surface area contributed by atoms with Gasteiger partial charge in [-0.05, 0) is 0 Å². The summed E-state index contributed by atoms with van der Waals surface area (Å²) in [6, 6.07) is 0. The lowest BCUT2D eigenvalue weighted by molar-refractivity contribution is -0.597. The van der Waals surface area contributed by atoms with Crippen LogP contribution >= 0.6 is 0 Å². The highest BCUT2D eigenvalue weighted by atomic mass is 16.5. The minimum absolute atomic E-state index is 0.129. The van der Waals surface area contributed by atoms with Crippen molar-refractivity contribution in [2.45, 2.75) is 32.2 Å². The second-order valence-corrected chi connectivity index (χ2v) is 4.24. The van der Waals surface area contributed by atoms with Gasteiger partial charge in [-0.15, -0.1) is 0 Å². The quantitative estimate of drug-likeness (QED) is 0.502. The summed E-state index contributed by atoms with van der Waals surface area (Å²) < 4.78 is 5.30. The first-order valence-electron chi connectivity index (χ1n) is 5.67. The lowest BCUT2D eigenvalue weighted by Crippen LogP contribution is -2.74. The molecule has 5 nitrogen and oxygen atoms in total. The lowest BCUT2D eigenvalue weighted by atomic mass is 9.83. The molecule has 3 unspecified atom stereocenters. The molecule has 1 aliphatic rings. The van der Waals surface area contributed by atoms with E-state index in [0.29, 0.717) is 6.29 Å². The van der Waals surface area contributed by atoms with Crippen molar-refractivity contribution >= 4 is 6.29 Å². The van der Waals surface area contributed by atoms with E-state index in [4.69, 9.17) is 9.84 Å². The summed E-state index contributed by atoms with van der Waals surface area (Å²) in [5, 5.41) is 20.6. The van der Waals surface area contributed by atoms with Crippen molar-refractivity contribution in [3.05, 3.63) is 0 Å². The zero-order valence-electron chi connectivity index (χ0n) is 10.5. The average molecular weight is 234 g/mol. The van der Waals surface area contributed by atoms with Crippen LogP contribution in [0.2, 0.25) is 0 Å². The standard InChI is InChI=1S/C9H16O4.C2H7N/c1-5-7(3-10)13-8(4-11)6(2)9(5)12;1-3-2/h3,5-9,11-12H,4H2,1-2H3;3H,1-2H3/p+1/t5?,6-,7+,8?,9?;/m1./s1. The number of ether oxygens (including phenoxy) is 1. The third-order valence-corrected chi connectivity index (χ3v) is 2.83. The first kappa shape index (κ1) is 15.5. The van der Waals surface area contributed by atoms with Gasteiger partial charge in [0.1, 0.15) is 12.4 Å². The van der Waals surface area contributed by atoms with Crippen LogP contribution in [0.25, 0.3) is 0 Å². The van der Waals surface area contributed by atoms with Crippen molar-refractivity contribution in [2.75, 3.05) is 20.7 Å². The largest absolute Gasteiger partial charge is 0.394 e. The Bertz CT molecular complexity index is 198. The van der Waals surface area contributed by atoms with Gasteiger partial charge in [-0.25, -0.2) is 0 Å². The number of aldehydes is 1. The highest BCUT2D eigenvalue weighted by Crippen LogP contribution is 2.28. The molecule has 0 radical (unpaired) electrons. The molecule has 1 saturated heterocycles. The maximum absolute atomic E-state index is 10.6. The number of aliphatic hydroxyl groups excluding tert-OH is 2. The third-order valence-electron chi connectivity index (χ3n) is 2.83. The van der Waals surface area contributed by atoms with Crippen LogP contribution in [0, 0.1) is 11.8 Å². The number of nitrogens with two attached hydrogens (primary N) is 1. The predicted octanol–water partition coefficient (Wildman–Crippen LogP) is -1.61. The fraction of sp³-hybridized carbons (Fsp3) is 0.909. The maximum atomic E-state index is 10.6. The zero-order valence-corrected chi connectivity index (χ0v) is 10.5. The van der Waals surface area contributed by atoms with Crippen molar-refractivity contribution in [1.29, 1.82) is 0 Å². The minimum atomic E-state index is -0.594. The molecule has 1 rings (SSSR count). The van der Waals surface area contributed by atoms with Crippen LogP contribution in [0.4, 0.5) is 0 Å². The van der Waals surface area contributed by atoms with E-state index in [1.807, 2.05) is 26.3 Å². The molecule has 4 N–H and O–H groups in total. The summed E-state index contributed by atoms with van der Waals surface area (Å²) in [5.41, 5.74) is 0. The van der Waals surface area contributed by atoms with Crippen LogP contribution in [-0.2, 0) is 9.53 Å². The summed E-state index contributed by atoms with van der Waals surface area (Å²) in [5.74, 6) is -0.327.